The molecule has 1 amide bonds. The van der Waals surface area contributed by atoms with Crippen LogP contribution in [-0.4, -0.2) is 36.3 Å². The van der Waals surface area contributed by atoms with E-state index in [1.54, 1.807) is 6.92 Å². The molecule has 1 aliphatic heterocycles. The first-order valence-corrected chi connectivity index (χ1v) is 6.99. The van der Waals surface area contributed by atoms with Gasteiger partial charge in [-0.1, -0.05) is 13.0 Å². The summed E-state index contributed by atoms with van der Waals surface area (Å²) in [5, 5.41) is 16.1. The van der Waals surface area contributed by atoms with Crippen molar-refractivity contribution in [3.63, 3.8) is 0 Å². The molecule has 110 valence electrons. The molecule has 0 bridgehead atoms. The number of hydrogen-bond donors (Lipinski definition) is 3. The molecule has 20 heavy (non-hydrogen) atoms. The monoisotopic (exact) mass is 278 g/mol. The Morgan fingerprint density at radius 3 is 3.00 bits per heavy atom. The molecule has 0 spiro atoms. The first-order chi connectivity index (χ1) is 9.50. The quantitative estimate of drug-likeness (QED) is 0.734. The summed E-state index contributed by atoms with van der Waals surface area (Å²) in [6.07, 6.45) is 1.30. The summed E-state index contributed by atoms with van der Waals surface area (Å²) in [6, 6.07) is 5.65. The molecule has 0 aromatic heterocycles. The fourth-order valence-corrected chi connectivity index (χ4v) is 2.12. The smallest absolute Gasteiger partial charge is 0.224 e. The molecule has 5 heteroatoms. The normalized spacial score (nSPS) is 17.1. The molecule has 1 aromatic carbocycles. The molecule has 1 heterocycles. The van der Waals surface area contributed by atoms with Gasteiger partial charge in [-0.15, -0.1) is 0 Å². The highest BCUT2D eigenvalue weighted by molar-refractivity contribution is 5.94. The van der Waals surface area contributed by atoms with E-state index < -0.39 is 5.60 Å². The molecular formula is C15H22N2O3. The van der Waals surface area contributed by atoms with Gasteiger partial charge in [-0.2, -0.15) is 0 Å². The minimum atomic E-state index is -0.921. The summed E-state index contributed by atoms with van der Waals surface area (Å²) in [6.45, 7) is 5.21. The molecule has 1 aliphatic rings. The van der Waals surface area contributed by atoms with Crippen molar-refractivity contribution >= 4 is 11.6 Å². The lowest BCUT2D eigenvalue weighted by molar-refractivity contribution is -0.116. The van der Waals surface area contributed by atoms with Crippen LogP contribution in [0.15, 0.2) is 18.2 Å². The molecule has 1 aromatic rings. The second-order valence-corrected chi connectivity index (χ2v) is 5.43. The Kier molecular flexibility index (Phi) is 4.62. The van der Waals surface area contributed by atoms with Crippen LogP contribution in [0, 0.1) is 0 Å². The van der Waals surface area contributed by atoms with E-state index >= 15 is 0 Å². The Hall–Kier alpha value is -1.59. The van der Waals surface area contributed by atoms with Crippen molar-refractivity contribution in [2.45, 2.75) is 32.3 Å². The maximum atomic E-state index is 11.4. The molecule has 0 radical (unpaired) electrons. The number of ether oxygens (including phenoxy) is 1. The van der Waals surface area contributed by atoms with Gasteiger partial charge in [-0.25, -0.2) is 0 Å². The van der Waals surface area contributed by atoms with Crippen LogP contribution in [0.1, 0.15) is 25.8 Å². The predicted octanol–water partition coefficient (Wildman–Crippen LogP) is 1.31. The van der Waals surface area contributed by atoms with Crippen LogP contribution in [0.25, 0.3) is 0 Å². The van der Waals surface area contributed by atoms with E-state index in [4.69, 9.17) is 4.74 Å². The van der Waals surface area contributed by atoms with Crippen molar-refractivity contribution < 1.29 is 14.6 Å². The molecule has 0 aliphatic carbocycles. The van der Waals surface area contributed by atoms with Gasteiger partial charge in [0.1, 0.15) is 18.0 Å². The van der Waals surface area contributed by atoms with Crippen LogP contribution >= 0.6 is 0 Å². The Balaban J connectivity index is 1.97. The Bertz CT molecular complexity index is 486. The average molecular weight is 278 g/mol. The van der Waals surface area contributed by atoms with Gasteiger partial charge >= 0.3 is 0 Å². The fraction of sp³-hybridized carbons (Fsp3) is 0.533. The van der Waals surface area contributed by atoms with Crippen LogP contribution in [0.4, 0.5) is 5.69 Å². The highest BCUT2D eigenvalue weighted by Gasteiger charge is 2.21. The molecule has 0 saturated heterocycles. The van der Waals surface area contributed by atoms with Crippen molar-refractivity contribution in [2.75, 3.05) is 25.0 Å². The molecule has 1 atom stereocenters. The third-order valence-electron chi connectivity index (χ3n) is 3.28. The molecule has 0 fully saturated rings. The van der Waals surface area contributed by atoms with E-state index in [9.17, 15) is 9.90 Å². The van der Waals surface area contributed by atoms with Gasteiger partial charge in [0.15, 0.2) is 0 Å². The lowest BCUT2D eigenvalue weighted by Crippen LogP contribution is -2.42. The van der Waals surface area contributed by atoms with Gasteiger partial charge in [-0.3, -0.25) is 4.79 Å². The van der Waals surface area contributed by atoms with Gasteiger partial charge in [0.2, 0.25) is 5.91 Å². The lowest BCUT2D eigenvalue weighted by atomic mass is 10.0. The second kappa shape index (κ2) is 6.24. The standard InChI is InChI=1S/C15H22N2O3/c1-3-16-9-15(2,19)10-20-12-6-4-11-5-7-14(18)17-13(11)8-12/h4,6,8,16,19H,3,5,7,9-10H2,1-2H3,(H,17,18). The highest BCUT2D eigenvalue weighted by Crippen LogP contribution is 2.27. The zero-order chi connectivity index (χ0) is 14.6. The Morgan fingerprint density at radius 1 is 1.45 bits per heavy atom. The minimum Gasteiger partial charge on any atom is -0.490 e. The first-order valence-electron chi connectivity index (χ1n) is 6.99. The van der Waals surface area contributed by atoms with Crippen molar-refractivity contribution in [3.05, 3.63) is 23.8 Å². The Labute approximate surface area is 119 Å². The van der Waals surface area contributed by atoms with Crippen LogP contribution in [0.2, 0.25) is 0 Å². The number of carbonyl (C=O) groups excluding carboxylic acids is 1. The number of aryl methyl sites for hydroxylation is 1. The number of hydrogen-bond acceptors (Lipinski definition) is 4. The third-order valence-corrected chi connectivity index (χ3v) is 3.28. The summed E-state index contributed by atoms with van der Waals surface area (Å²) < 4.78 is 5.63. The van der Waals surface area contributed by atoms with Gasteiger partial charge in [0, 0.05) is 24.7 Å². The van der Waals surface area contributed by atoms with Crippen LogP contribution in [0.5, 0.6) is 5.75 Å². The van der Waals surface area contributed by atoms with Gasteiger partial charge in [0.25, 0.3) is 0 Å². The van der Waals surface area contributed by atoms with Crippen molar-refractivity contribution in [3.8, 4) is 5.75 Å². The van der Waals surface area contributed by atoms with Crippen LogP contribution < -0.4 is 15.4 Å². The summed E-state index contributed by atoms with van der Waals surface area (Å²) >= 11 is 0. The van der Waals surface area contributed by atoms with Gasteiger partial charge in [-0.05, 0) is 31.5 Å². The van der Waals surface area contributed by atoms with E-state index in [-0.39, 0.29) is 12.5 Å². The summed E-state index contributed by atoms with van der Waals surface area (Å²) in [7, 11) is 0. The summed E-state index contributed by atoms with van der Waals surface area (Å²) in [4.78, 5) is 11.4. The SMILES string of the molecule is CCNCC(C)(O)COc1ccc2c(c1)NC(=O)CC2. The minimum absolute atomic E-state index is 0.0359. The molecule has 2 rings (SSSR count). The highest BCUT2D eigenvalue weighted by atomic mass is 16.5. The average Bonchev–Trinajstić information content (AvgIpc) is 2.42. The molecular weight excluding hydrogens is 256 g/mol. The van der Waals surface area contributed by atoms with Crippen molar-refractivity contribution in [2.24, 2.45) is 0 Å². The number of benzene rings is 1. The number of aliphatic hydroxyl groups is 1. The number of nitrogens with one attached hydrogen (secondary N) is 2. The third kappa shape index (κ3) is 3.95. The van der Waals surface area contributed by atoms with E-state index in [0.717, 1.165) is 24.2 Å². The van der Waals surface area contributed by atoms with E-state index in [1.807, 2.05) is 25.1 Å². The number of carbonyl (C=O) groups is 1. The lowest BCUT2D eigenvalue weighted by Gasteiger charge is -2.24. The number of amides is 1. The number of fused-ring (bicyclic) bond motifs is 1. The molecule has 0 saturated carbocycles. The van der Waals surface area contributed by atoms with E-state index in [0.29, 0.717) is 18.7 Å². The zero-order valence-corrected chi connectivity index (χ0v) is 12.0. The molecule has 1 unspecified atom stereocenters. The van der Waals surface area contributed by atoms with Gasteiger partial charge < -0.3 is 20.5 Å². The Morgan fingerprint density at radius 2 is 2.25 bits per heavy atom. The van der Waals surface area contributed by atoms with E-state index in [1.165, 1.54) is 0 Å². The number of rotatable bonds is 6. The maximum absolute atomic E-state index is 11.4. The van der Waals surface area contributed by atoms with Crippen LogP contribution in [0.3, 0.4) is 0 Å². The van der Waals surface area contributed by atoms with E-state index in [2.05, 4.69) is 10.6 Å². The predicted molar refractivity (Wildman–Crippen MR) is 78.1 cm³/mol. The zero-order valence-electron chi connectivity index (χ0n) is 12.0. The maximum Gasteiger partial charge on any atom is 0.224 e. The van der Waals surface area contributed by atoms with Gasteiger partial charge in [0.05, 0.1) is 0 Å². The first kappa shape index (κ1) is 14.8. The van der Waals surface area contributed by atoms with Crippen molar-refractivity contribution in [1.82, 2.24) is 5.32 Å². The summed E-state index contributed by atoms with van der Waals surface area (Å²) in [5.41, 5.74) is 1.01. The second-order valence-electron chi connectivity index (χ2n) is 5.43. The fourth-order valence-electron chi connectivity index (χ4n) is 2.12. The number of anilines is 1. The summed E-state index contributed by atoms with van der Waals surface area (Å²) in [5.74, 6) is 0.691. The van der Waals surface area contributed by atoms with Crippen molar-refractivity contribution in [1.29, 1.82) is 0 Å². The topological polar surface area (TPSA) is 70.6 Å². The van der Waals surface area contributed by atoms with Crippen LogP contribution in [-0.2, 0) is 11.2 Å². The molecule has 3 N–H and O–H groups in total. The number of likely N-dealkylation sites (N-methyl/N-ethyl adjacent to an activating group) is 1. The largest absolute Gasteiger partial charge is 0.490 e. The molecule has 5 nitrogen and oxygen atoms in total.